The van der Waals surface area contributed by atoms with Gasteiger partial charge in [0, 0.05) is 18.5 Å². The van der Waals surface area contributed by atoms with Crippen LogP contribution in [0.1, 0.15) is 24.0 Å². The van der Waals surface area contributed by atoms with Gasteiger partial charge in [-0.1, -0.05) is 0 Å². The van der Waals surface area contributed by atoms with Crippen molar-refractivity contribution in [1.82, 2.24) is 0 Å². The Morgan fingerprint density at radius 3 is 3.00 bits per heavy atom. The van der Waals surface area contributed by atoms with Gasteiger partial charge in [-0.2, -0.15) is 0 Å². The number of benzene rings is 1. The van der Waals surface area contributed by atoms with Gasteiger partial charge in [-0.15, -0.1) is 0 Å². The molecule has 1 aromatic carbocycles. The summed E-state index contributed by atoms with van der Waals surface area (Å²) < 4.78 is 10.2. The highest BCUT2D eigenvalue weighted by atomic mass is 16.5. The highest BCUT2D eigenvalue weighted by Crippen LogP contribution is 2.34. The number of methoxy groups -OCH3 is 1. The summed E-state index contributed by atoms with van der Waals surface area (Å²) in [5, 5.41) is 9.65. The Bertz CT molecular complexity index is 473. The standard InChI is InChI=1S/C14H19NO4/c1-18-14(17)3-2-4-19-13-8-11(16)6-9-5-10(15)7-12(9)13/h6,8,10,16H,2-5,7,15H2,1H3. The third-order valence-electron chi connectivity index (χ3n) is 3.25. The monoisotopic (exact) mass is 265 g/mol. The Labute approximate surface area is 112 Å². The Balaban J connectivity index is 1.96. The van der Waals surface area contributed by atoms with Crippen LogP contribution in [0.15, 0.2) is 12.1 Å². The maximum absolute atomic E-state index is 11.0. The van der Waals surface area contributed by atoms with Crippen LogP contribution >= 0.6 is 0 Å². The van der Waals surface area contributed by atoms with E-state index in [-0.39, 0.29) is 17.8 Å². The van der Waals surface area contributed by atoms with Crippen LogP contribution in [0.25, 0.3) is 0 Å². The molecule has 19 heavy (non-hydrogen) atoms. The third-order valence-corrected chi connectivity index (χ3v) is 3.25. The molecular formula is C14H19NO4. The van der Waals surface area contributed by atoms with E-state index in [1.165, 1.54) is 7.11 Å². The summed E-state index contributed by atoms with van der Waals surface area (Å²) in [5.74, 6) is 0.621. The fourth-order valence-corrected chi connectivity index (χ4v) is 2.35. The number of ether oxygens (including phenoxy) is 2. The van der Waals surface area contributed by atoms with E-state index in [0.717, 1.165) is 24.0 Å². The van der Waals surface area contributed by atoms with Crippen molar-refractivity contribution in [1.29, 1.82) is 0 Å². The van der Waals surface area contributed by atoms with Gasteiger partial charge >= 0.3 is 5.97 Å². The van der Waals surface area contributed by atoms with Crippen LogP contribution < -0.4 is 10.5 Å². The molecule has 0 aromatic heterocycles. The van der Waals surface area contributed by atoms with Gasteiger partial charge in [-0.25, -0.2) is 0 Å². The fourth-order valence-electron chi connectivity index (χ4n) is 2.35. The van der Waals surface area contributed by atoms with E-state index in [9.17, 15) is 9.90 Å². The van der Waals surface area contributed by atoms with Crippen LogP contribution in [0.2, 0.25) is 0 Å². The molecule has 104 valence electrons. The molecule has 1 aromatic rings. The molecule has 5 heteroatoms. The average molecular weight is 265 g/mol. The number of carbonyl (C=O) groups excluding carboxylic acids is 1. The van der Waals surface area contributed by atoms with Crippen LogP contribution in [-0.4, -0.2) is 30.8 Å². The maximum atomic E-state index is 11.0. The summed E-state index contributed by atoms with van der Waals surface area (Å²) >= 11 is 0. The highest BCUT2D eigenvalue weighted by molar-refractivity contribution is 5.69. The van der Waals surface area contributed by atoms with E-state index < -0.39 is 0 Å². The SMILES string of the molecule is COC(=O)CCCOc1cc(O)cc2c1CC(N)C2. The Hall–Kier alpha value is -1.75. The number of fused-ring (bicyclic) bond motifs is 1. The minimum absolute atomic E-state index is 0.0919. The van der Waals surface area contributed by atoms with Gasteiger partial charge in [-0.3, -0.25) is 4.79 Å². The normalized spacial score (nSPS) is 17.1. The molecule has 0 bridgehead atoms. The van der Waals surface area contributed by atoms with Gasteiger partial charge in [0.25, 0.3) is 0 Å². The predicted octanol–water partition coefficient (Wildman–Crippen LogP) is 1.15. The van der Waals surface area contributed by atoms with Crippen molar-refractivity contribution in [3.05, 3.63) is 23.3 Å². The number of hydrogen-bond acceptors (Lipinski definition) is 5. The first kappa shape index (κ1) is 13.7. The molecule has 1 unspecified atom stereocenters. The van der Waals surface area contributed by atoms with Crippen molar-refractivity contribution in [3.63, 3.8) is 0 Å². The van der Waals surface area contributed by atoms with Gasteiger partial charge in [-0.05, 0) is 36.5 Å². The fraction of sp³-hybridized carbons (Fsp3) is 0.500. The molecule has 1 aliphatic carbocycles. The maximum Gasteiger partial charge on any atom is 0.305 e. The summed E-state index contributed by atoms with van der Waals surface area (Å²) in [5.41, 5.74) is 8.04. The lowest BCUT2D eigenvalue weighted by molar-refractivity contribution is -0.140. The topological polar surface area (TPSA) is 81.8 Å². The highest BCUT2D eigenvalue weighted by Gasteiger charge is 2.22. The van der Waals surface area contributed by atoms with Crippen molar-refractivity contribution in [2.75, 3.05) is 13.7 Å². The first-order valence-electron chi connectivity index (χ1n) is 6.40. The predicted molar refractivity (Wildman–Crippen MR) is 70.2 cm³/mol. The lowest BCUT2D eigenvalue weighted by Gasteiger charge is -2.11. The molecule has 0 saturated heterocycles. The molecule has 0 fully saturated rings. The number of phenolic OH excluding ortho intramolecular Hbond substituents is 1. The van der Waals surface area contributed by atoms with Crippen LogP contribution in [-0.2, 0) is 22.4 Å². The van der Waals surface area contributed by atoms with E-state index in [1.54, 1.807) is 12.1 Å². The number of rotatable bonds is 5. The van der Waals surface area contributed by atoms with Crippen LogP contribution in [0, 0.1) is 0 Å². The molecule has 0 spiro atoms. The molecule has 2 rings (SSSR count). The summed E-state index contributed by atoms with van der Waals surface area (Å²) in [6, 6.07) is 3.44. The molecule has 1 aliphatic rings. The summed E-state index contributed by atoms with van der Waals surface area (Å²) in [7, 11) is 1.37. The molecule has 0 radical (unpaired) electrons. The molecule has 0 amide bonds. The Morgan fingerprint density at radius 2 is 2.26 bits per heavy atom. The average Bonchev–Trinajstić information content (AvgIpc) is 2.74. The Morgan fingerprint density at radius 1 is 1.47 bits per heavy atom. The zero-order valence-electron chi connectivity index (χ0n) is 11.0. The molecular weight excluding hydrogens is 246 g/mol. The van der Waals surface area contributed by atoms with Gasteiger partial charge in [0.1, 0.15) is 11.5 Å². The second-order valence-electron chi connectivity index (χ2n) is 4.78. The first-order valence-corrected chi connectivity index (χ1v) is 6.40. The molecule has 3 N–H and O–H groups in total. The van der Waals surface area contributed by atoms with E-state index >= 15 is 0 Å². The third kappa shape index (κ3) is 3.38. The van der Waals surface area contributed by atoms with Crippen LogP contribution in [0.3, 0.4) is 0 Å². The number of nitrogens with two attached hydrogens (primary N) is 1. The second-order valence-corrected chi connectivity index (χ2v) is 4.78. The van der Waals surface area contributed by atoms with Gasteiger partial charge in [0.05, 0.1) is 13.7 Å². The molecule has 1 atom stereocenters. The number of phenols is 1. The lowest BCUT2D eigenvalue weighted by Crippen LogP contribution is -2.19. The van der Waals surface area contributed by atoms with Crippen molar-refractivity contribution >= 4 is 5.97 Å². The zero-order chi connectivity index (χ0) is 13.8. The molecule has 0 heterocycles. The van der Waals surface area contributed by atoms with Crippen molar-refractivity contribution in [3.8, 4) is 11.5 Å². The van der Waals surface area contributed by atoms with Gasteiger partial charge < -0.3 is 20.3 Å². The lowest BCUT2D eigenvalue weighted by atomic mass is 10.1. The van der Waals surface area contributed by atoms with E-state index in [2.05, 4.69) is 4.74 Å². The number of esters is 1. The van der Waals surface area contributed by atoms with Crippen molar-refractivity contribution < 1.29 is 19.4 Å². The number of carbonyl (C=O) groups is 1. The van der Waals surface area contributed by atoms with E-state index in [1.807, 2.05) is 0 Å². The number of aromatic hydroxyl groups is 1. The minimum atomic E-state index is -0.244. The molecule has 0 saturated carbocycles. The largest absolute Gasteiger partial charge is 0.508 e. The summed E-state index contributed by atoms with van der Waals surface area (Å²) in [4.78, 5) is 11.0. The zero-order valence-corrected chi connectivity index (χ0v) is 11.0. The van der Waals surface area contributed by atoms with E-state index in [0.29, 0.717) is 25.2 Å². The minimum Gasteiger partial charge on any atom is -0.508 e. The van der Waals surface area contributed by atoms with Crippen molar-refractivity contribution in [2.24, 2.45) is 5.73 Å². The molecule has 5 nitrogen and oxygen atoms in total. The molecule has 0 aliphatic heterocycles. The quantitative estimate of drug-likeness (QED) is 0.616. The van der Waals surface area contributed by atoms with Crippen molar-refractivity contribution in [2.45, 2.75) is 31.7 Å². The van der Waals surface area contributed by atoms with Crippen LogP contribution in [0.4, 0.5) is 0 Å². The summed E-state index contributed by atoms with van der Waals surface area (Å²) in [6.45, 7) is 0.417. The van der Waals surface area contributed by atoms with Crippen LogP contribution in [0.5, 0.6) is 11.5 Å². The first-order chi connectivity index (χ1) is 9.10. The number of hydrogen-bond donors (Lipinski definition) is 2. The smallest absolute Gasteiger partial charge is 0.305 e. The second kappa shape index (κ2) is 5.93. The Kier molecular flexibility index (Phi) is 4.27. The van der Waals surface area contributed by atoms with E-state index in [4.69, 9.17) is 10.5 Å². The van der Waals surface area contributed by atoms with Gasteiger partial charge in [0.15, 0.2) is 0 Å². The summed E-state index contributed by atoms with van der Waals surface area (Å²) in [6.07, 6.45) is 2.45. The van der Waals surface area contributed by atoms with Gasteiger partial charge in [0.2, 0.25) is 0 Å².